The lowest BCUT2D eigenvalue weighted by atomic mass is 9.72. The van der Waals surface area contributed by atoms with E-state index < -0.39 is 5.69 Å². The van der Waals surface area contributed by atoms with Crippen LogP contribution in [0.2, 0.25) is 0 Å². The van der Waals surface area contributed by atoms with E-state index in [-0.39, 0.29) is 11.0 Å². The zero-order chi connectivity index (χ0) is 12.9. The maximum absolute atomic E-state index is 12.0. The van der Waals surface area contributed by atoms with Gasteiger partial charge in [-0.25, -0.2) is 4.79 Å². The van der Waals surface area contributed by atoms with Gasteiger partial charge in [0.1, 0.15) is 0 Å². The van der Waals surface area contributed by atoms with Crippen LogP contribution in [0.15, 0.2) is 33.9 Å². The van der Waals surface area contributed by atoms with Crippen molar-refractivity contribution in [3.63, 3.8) is 0 Å². The molecular weight excluding hydrogens is 228 g/mol. The SMILES string of the molecule is CC1(C)Cc2ccccc2-c2[nH]c(=O)[nH]c(=O)c21. The first-order chi connectivity index (χ1) is 8.49. The van der Waals surface area contributed by atoms with Crippen LogP contribution in [0.25, 0.3) is 11.3 Å². The Morgan fingerprint density at radius 2 is 1.83 bits per heavy atom. The molecule has 1 aliphatic rings. The Balaban J connectivity index is 2.47. The zero-order valence-electron chi connectivity index (χ0n) is 10.3. The zero-order valence-corrected chi connectivity index (χ0v) is 10.3. The third-order valence-corrected chi connectivity index (χ3v) is 3.54. The Bertz CT molecular complexity index is 738. The Kier molecular flexibility index (Phi) is 2.11. The highest BCUT2D eigenvalue weighted by Gasteiger charge is 2.34. The predicted octanol–water partition coefficient (Wildman–Crippen LogP) is 1.56. The second-order valence-corrected chi connectivity index (χ2v) is 5.38. The van der Waals surface area contributed by atoms with Crippen molar-refractivity contribution in [3.8, 4) is 11.3 Å². The molecule has 0 aliphatic heterocycles. The van der Waals surface area contributed by atoms with Gasteiger partial charge in [0.05, 0.1) is 5.69 Å². The maximum Gasteiger partial charge on any atom is 0.326 e. The summed E-state index contributed by atoms with van der Waals surface area (Å²) in [5.41, 5.74) is 2.43. The molecule has 1 aliphatic carbocycles. The highest BCUT2D eigenvalue weighted by atomic mass is 16.2. The minimum Gasteiger partial charge on any atom is -0.307 e. The molecule has 0 amide bonds. The lowest BCUT2D eigenvalue weighted by molar-refractivity contribution is 0.506. The topological polar surface area (TPSA) is 65.7 Å². The molecule has 2 aromatic rings. The molecular formula is C14H14N2O2. The molecule has 0 fully saturated rings. The number of H-pyrrole nitrogens is 2. The third-order valence-electron chi connectivity index (χ3n) is 3.54. The van der Waals surface area contributed by atoms with Gasteiger partial charge in [0, 0.05) is 16.5 Å². The van der Waals surface area contributed by atoms with Gasteiger partial charge in [0.2, 0.25) is 0 Å². The summed E-state index contributed by atoms with van der Waals surface area (Å²) in [7, 11) is 0. The summed E-state index contributed by atoms with van der Waals surface area (Å²) in [5.74, 6) is 0. The first-order valence-corrected chi connectivity index (χ1v) is 5.94. The average molecular weight is 242 g/mol. The molecule has 0 spiro atoms. The van der Waals surface area contributed by atoms with Crippen molar-refractivity contribution in [2.45, 2.75) is 25.7 Å². The van der Waals surface area contributed by atoms with Crippen LogP contribution < -0.4 is 11.2 Å². The summed E-state index contributed by atoms with van der Waals surface area (Å²) in [6.45, 7) is 4.05. The molecule has 0 bridgehead atoms. The molecule has 0 saturated heterocycles. The van der Waals surface area contributed by atoms with E-state index in [0.29, 0.717) is 11.3 Å². The number of fused-ring (bicyclic) bond motifs is 3. The Morgan fingerprint density at radius 1 is 1.11 bits per heavy atom. The van der Waals surface area contributed by atoms with E-state index in [9.17, 15) is 9.59 Å². The van der Waals surface area contributed by atoms with Gasteiger partial charge in [-0.15, -0.1) is 0 Å². The van der Waals surface area contributed by atoms with Gasteiger partial charge in [-0.3, -0.25) is 9.78 Å². The fourth-order valence-corrected chi connectivity index (χ4v) is 2.82. The smallest absolute Gasteiger partial charge is 0.307 e. The fourth-order valence-electron chi connectivity index (χ4n) is 2.82. The van der Waals surface area contributed by atoms with Crippen LogP contribution in [0.4, 0.5) is 0 Å². The summed E-state index contributed by atoms with van der Waals surface area (Å²) in [4.78, 5) is 28.6. The van der Waals surface area contributed by atoms with Crippen molar-refractivity contribution in [1.82, 2.24) is 9.97 Å². The van der Waals surface area contributed by atoms with Crippen LogP contribution in [0.1, 0.15) is 25.0 Å². The first kappa shape index (κ1) is 11.0. The molecule has 1 aromatic carbocycles. The van der Waals surface area contributed by atoms with Gasteiger partial charge < -0.3 is 4.98 Å². The molecule has 0 atom stereocenters. The van der Waals surface area contributed by atoms with Crippen LogP contribution in [-0.4, -0.2) is 9.97 Å². The van der Waals surface area contributed by atoms with E-state index in [1.807, 2.05) is 38.1 Å². The molecule has 0 unspecified atom stereocenters. The van der Waals surface area contributed by atoms with Gasteiger partial charge in [-0.2, -0.15) is 0 Å². The molecule has 2 N–H and O–H groups in total. The molecule has 1 aromatic heterocycles. The molecule has 4 nitrogen and oxygen atoms in total. The number of aromatic nitrogens is 2. The predicted molar refractivity (Wildman–Crippen MR) is 69.8 cm³/mol. The van der Waals surface area contributed by atoms with Crippen LogP contribution in [0.5, 0.6) is 0 Å². The van der Waals surface area contributed by atoms with Crippen molar-refractivity contribution in [2.75, 3.05) is 0 Å². The standard InChI is InChI=1S/C14H14N2O2/c1-14(2)7-8-5-3-4-6-9(8)11-10(14)12(17)16-13(18)15-11/h3-6H,7H2,1-2H3,(H2,15,16,17,18). The number of hydrogen-bond acceptors (Lipinski definition) is 2. The molecule has 18 heavy (non-hydrogen) atoms. The molecule has 0 saturated carbocycles. The number of rotatable bonds is 0. The van der Waals surface area contributed by atoms with E-state index in [1.165, 1.54) is 0 Å². The normalized spacial score (nSPS) is 15.9. The van der Waals surface area contributed by atoms with Crippen molar-refractivity contribution >= 4 is 0 Å². The lowest BCUT2D eigenvalue weighted by Crippen LogP contribution is -2.38. The van der Waals surface area contributed by atoms with Crippen molar-refractivity contribution in [2.24, 2.45) is 0 Å². The summed E-state index contributed by atoms with van der Waals surface area (Å²) in [6.07, 6.45) is 0.797. The second kappa shape index (κ2) is 3.45. The van der Waals surface area contributed by atoms with Gasteiger partial charge in [0.15, 0.2) is 0 Å². The fraction of sp³-hybridized carbons (Fsp3) is 0.286. The van der Waals surface area contributed by atoms with Crippen LogP contribution in [-0.2, 0) is 11.8 Å². The lowest BCUT2D eigenvalue weighted by Gasteiger charge is -2.32. The molecule has 1 heterocycles. The van der Waals surface area contributed by atoms with E-state index in [1.54, 1.807) is 0 Å². The monoisotopic (exact) mass is 242 g/mol. The first-order valence-electron chi connectivity index (χ1n) is 5.94. The average Bonchev–Trinajstić information content (AvgIpc) is 2.26. The number of nitrogens with one attached hydrogen (secondary N) is 2. The van der Waals surface area contributed by atoms with Crippen LogP contribution >= 0.6 is 0 Å². The Morgan fingerprint density at radius 3 is 2.61 bits per heavy atom. The van der Waals surface area contributed by atoms with Gasteiger partial charge >= 0.3 is 5.69 Å². The Labute approximate surface area is 104 Å². The third kappa shape index (κ3) is 1.45. The molecule has 3 rings (SSSR count). The summed E-state index contributed by atoms with van der Waals surface area (Å²) >= 11 is 0. The van der Waals surface area contributed by atoms with E-state index in [0.717, 1.165) is 17.5 Å². The summed E-state index contributed by atoms with van der Waals surface area (Å²) in [5, 5.41) is 0. The highest BCUT2D eigenvalue weighted by molar-refractivity contribution is 5.70. The van der Waals surface area contributed by atoms with Crippen LogP contribution in [0.3, 0.4) is 0 Å². The van der Waals surface area contributed by atoms with E-state index >= 15 is 0 Å². The molecule has 4 heteroatoms. The largest absolute Gasteiger partial charge is 0.326 e. The van der Waals surface area contributed by atoms with Crippen molar-refractivity contribution in [1.29, 1.82) is 0 Å². The molecule has 0 radical (unpaired) electrons. The summed E-state index contributed by atoms with van der Waals surface area (Å²) in [6, 6.07) is 7.88. The maximum atomic E-state index is 12.0. The van der Waals surface area contributed by atoms with E-state index in [4.69, 9.17) is 0 Å². The van der Waals surface area contributed by atoms with Crippen molar-refractivity contribution in [3.05, 3.63) is 56.2 Å². The number of aromatic amines is 2. The highest BCUT2D eigenvalue weighted by Crippen LogP contribution is 2.39. The van der Waals surface area contributed by atoms with Crippen molar-refractivity contribution < 1.29 is 0 Å². The van der Waals surface area contributed by atoms with Crippen LogP contribution in [0, 0.1) is 0 Å². The second-order valence-electron chi connectivity index (χ2n) is 5.38. The Hall–Kier alpha value is -2.10. The van der Waals surface area contributed by atoms with E-state index in [2.05, 4.69) is 9.97 Å². The minimum absolute atomic E-state index is 0.276. The van der Waals surface area contributed by atoms with Gasteiger partial charge in [-0.1, -0.05) is 38.1 Å². The summed E-state index contributed by atoms with van der Waals surface area (Å²) < 4.78 is 0. The van der Waals surface area contributed by atoms with Gasteiger partial charge in [0.25, 0.3) is 5.56 Å². The molecule has 92 valence electrons. The van der Waals surface area contributed by atoms with Gasteiger partial charge in [-0.05, 0) is 12.0 Å². The quantitative estimate of drug-likeness (QED) is 0.736. The number of hydrogen-bond donors (Lipinski definition) is 2. The number of benzene rings is 1. The minimum atomic E-state index is -0.453.